The van der Waals surface area contributed by atoms with E-state index in [9.17, 15) is 9.59 Å². The zero-order valence-corrected chi connectivity index (χ0v) is 18.0. The van der Waals surface area contributed by atoms with Crippen LogP contribution in [0.2, 0.25) is 0 Å². The number of aryl methyl sites for hydroxylation is 1. The van der Waals surface area contributed by atoms with Gasteiger partial charge in [0.2, 0.25) is 0 Å². The Kier molecular flexibility index (Phi) is 7.38. The largest absolute Gasteiger partial charge is 0.452 e. The second-order valence-electron chi connectivity index (χ2n) is 7.40. The molecule has 0 aliphatic rings. The molecule has 0 saturated carbocycles. The normalized spacial score (nSPS) is 12.0. The van der Waals surface area contributed by atoms with Crippen molar-refractivity contribution in [1.29, 1.82) is 0 Å². The van der Waals surface area contributed by atoms with E-state index >= 15 is 0 Å². The third-order valence-electron chi connectivity index (χ3n) is 4.85. The molecule has 160 valence electrons. The first-order valence-electron chi connectivity index (χ1n) is 10.3. The number of nitrogens with zero attached hydrogens (tertiary/aromatic N) is 2. The van der Waals surface area contributed by atoms with Crippen molar-refractivity contribution in [3.05, 3.63) is 78.0 Å². The molecule has 0 fully saturated rings. The van der Waals surface area contributed by atoms with Crippen LogP contribution in [0.15, 0.2) is 66.9 Å². The monoisotopic (exact) mass is 417 g/mol. The van der Waals surface area contributed by atoms with Gasteiger partial charge in [-0.3, -0.25) is 4.79 Å². The van der Waals surface area contributed by atoms with Crippen molar-refractivity contribution in [1.82, 2.24) is 15.1 Å². The Morgan fingerprint density at radius 2 is 1.84 bits per heavy atom. The van der Waals surface area contributed by atoms with E-state index in [4.69, 9.17) is 9.84 Å². The van der Waals surface area contributed by atoms with Crippen molar-refractivity contribution in [3.63, 3.8) is 0 Å². The highest BCUT2D eigenvalue weighted by Gasteiger charge is 2.12. The topological polar surface area (TPSA) is 73.2 Å². The van der Waals surface area contributed by atoms with Crippen LogP contribution >= 0.6 is 0 Å². The molecule has 2 aromatic carbocycles. The average molecular weight is 418 g/mol. The molecule has 0 aliphatic heterocycles. The van der Waals surface area contributed by atoms with Gasteiger partial charge in [0.1, 0.15) is 0 Å². The Bertz CT molecular complexity index is 1050. The quantitative estimate of drug-likeness (QED) is 0.438. The number of hydrogen-bond acceptors (Lipinski definition) is 4. The maximum absolute atomic E-state index is 12.1. The highest BCUT2D eigenvalue weighted by atomic mass is 16.5. The van der Waals surface area contributed by atoms with Crippen molar-refractivity contribution in [3.8, 4) is 16.9 Å². The van der Waals surface area contributed by atoms with Gasteiger partial charge in [-0.25, -0.2) is 9.48 Å². The minimum absolute atomic E-state index is 0.0441. The number of ether oxygens (including phenoxy) is 1. The van der Waals surface area contributed by atoms with Crippen LogP contribution < -0.4 is 5.32 Å². The first kappa shape index (κ1) is 22.0. The molecule has 1 atom stereocenters. The van der Waals surface area contributed by atoms with E-state index in [0.717, 1.165) is 34.5 Å². The number of esters is 1. The highest BCUT2D eigenvalue weighted by molar-refractivity contribution is 5.90. The third-order valence-corrected chi connectivity index (χ3v) is 4.85. The molecule has 0 saturated heterocycles. The van der Waals surface area contributed by atoms with Gasteiger partial charge in [0, 0.05) is 29.4 Å². The molecule has 6 heteroatoms. The summed E-state index contributed by atoms with van der Waals surface area (Å²) in [5.74, 6) is -0.894. The van der Waals surface area contributed by atoms with Gasteiger partial charge in [-0.2, -0.15) is 5.10 Å². The zero-order valence-electron chi connectivity index (χ0n) is 18.0. The summed E-state index contributed by atoms with van der Waals surface area (Å²) >= 11 is 0. The molecule has 1 amide bonds. The van der Waals surface area contributed by atoms with Crippen molar-refractivity contribution >= 4 is 18.0 Å². The highest BCUT2D eigenvalue weighted by Crippen LogP contribution is 2.25. The summed E-state index contributed by atoms with van der Waals surface area (Å²) in [7, 11) is 0. The first-order chi connectivity index (χ1) is 15.0. The fraction of sp³-hybridized carbons (Fsp3) is 0.240. The van der Waals surface area contributed by atoms with E-state index in [-0.39, 0.29) is 18.6 Å². The number of amides is 1. The molecule has 3 rings (SSSR count). The van der Waals surface area contributed by atoms with Gasteiger partial charge >= 0.3 is 5.97 Å². The second kappa shape index (κ2) is 10.4. The minimum atomic E-state index is -0.582. The molecule has 31 heavy (non-hydrogen) atoms. The minimum Gasteiger partial charge on any atom is -0.452 e. The number of aromatic nitrogens is 2. The lowest BCUT2D eigenvalue weighted by atomic mass is 10.1. The smallest absolute Gasteiger partial charge is 0.331 e. The van der Waals surface area contributed by atoms with Crippen molar-refractivity contribution < 1.29 is 14.3 Å². The number of benzene rings is 2. The SMILES string of the molecule is CC[C@H](C)NC(=O)COC(=O)/C=C/c1cn(-c2ccccc2)nc1-c1ccc(C)cc1. The van der Waals surface area contributed by atoms with E-state index in [2.05, 4.69) is 5.32 Å². The summed E-state index contributed by atoms with van der Waals surface area (Å²) in [6.07, 6.45) is 5.66. The molecule has 1 aromatic heterocycles. The fourth-order valence-corrected chi connectivity index (χ4v) is 2.92. The third kappa shape index (κ3) is 6.15. The van der Waals surface area contributed by atoms with Crippen LogP contribution in [-0.4, -0.2) is 34.3 Å². The maximum Gasteiger partial charge on any atom is 0.331 e. The number of para-hydroxylation sites is 1. The number of hydrogen-bond donors (Lipinski definition) is 1. The van der Waals surface area contributed by atoms with Gasteiger partial charge in [0.25, 0.3) is 5.91 Å². The van der Waals surface area contributed by atoms with Crippen molar-refractivity contribution in [2.45, 2.75) is 33.2 Å². The molecule has 0 radical (unpaired) electrons. The van der Waals surface area contributed by atoms with Crippen molar-refractivity contribution in [2.24, 2.45) is 0 Å². The summed E-state index contributed by atoms with van der Waals surface area (Å²) < 4.78 is 6.84. The molecule has 0 aliphatic carbocycles. The summed E-state index contributed by atoms with van der Waals surface area (Å²) in [5, 5.41) is 7.49. The number of rotatable bonds is 8. The molecular weight excluding hydrogens is 390 g/mol. The maximum atomic E-state index is 12.1. The summed E-state index contributed by atoms with van der Waals surface area (Å²) in [4.78, 5) is 23.9. The number of carbonyl (C=O) groups is 2. The van der Waals surface area contributed by atoms with Crippen molar-refractivity contribution in [2.75, 3.05) is 6.61 Å². The fourth-order valence-electron chi connectivity index (χ4n) is 2.92. The summed E-state index contributed by atoms with van der Waals surface area (Å²) in [6, 6.07) is 17.9. The van der Waals surface area contributed by atoms with E-state index in [1.165, 1.54) is 6.08 Å². The molecule has 1 N–H and O–H groups in total. The molecule has 0 bridgehead atoms. The van der Waals surface area contributed by atoms with Crippen LogP contribution in [0, 0.1) is 6.92 Å². The Hall–Kier alpha value is -3.67. The van der Waals surface area contributed by atoms with Crippen LogP contribution in [0.1, 0.15) is 31.4 Å². The number of nitrogens with one attached hydrogen (secondary N) is 1. The van der Waals surface area contributed by atoms with Gasteiger partial charge in [-0.1, -0.05) is 55.0 Å². The molecule has 0 spiro atoms. The molecule has 0 unspecified atom stereocenters. The lowest BCUT2D eigenvalue weighted by molar-refractivity contribution is -0.144. The van der Waals surface area contributed by atoms with Crippen LogP contribution in [0.4, 0.5) is 0 Å². The van der Waals surface area contributed by atoms with E-state index in [0.29, 0.717) is 0 Å². The Labute approximate surface area is 182 Å². The van der Waals surface area contributed by atoms with Gasteiger partial charge in [0.05, 0.1) is 11.4 Å². The Morgan fingerprint density at radius 1 is 1.13 bits per heavy atom. The molecule has 6 nitrogen and oxygen atoms in total. The number of carbonyl (C=O) groups excluding carboxylic acids is 2. The standard InChI is InChI=1S/C25H27N3O3/c1-4-19(3)26-23(29)17-31-24(30)15-14-21-16-28(22-8-6-5-7-9-22)27-25(21)20-12-10-18(2)11-13-20/h5-16,19H,4,17H2,1-3H3,(H,26,29)/b15-14+/t19-/m0/s1. The van der Waals surface area contributed by atoms with Crippen LogP contribution in [0.25, 0.3) is 23.0 Å². The van der Waals surface area contributed by atoms with Crippen LogP contribution in [-0.2, 0) is 14.3 Å². The molecule has 3 aromatic rings. The van der Waals surface area contributed by atoms with Gasteiger partial charge in [0.15, 0.2) is 6.61 Å². The average Bonchev–Trinajstić information content (AvgIpc) is 3.21. The first-order valence-corrected chi connectivity index (χ1v) is 10.3. The second-order valence-corrected chi connectivity index (χ2v) is 7.40. The van der Waals surface area contributed by atoms with Gasteiger partial charge in [-0.15, -0.1) is 0 Å². The molecular formula is C25H27N3O3. The lowest BCUT2D eigenvalue weighted by Gasteiger charge is -2.10. The lowest BCUT2D eigenvalue weighted by Crippen LogP contribution is -2.35. The van der Waals surface area contributed by atoms with E-state index in [1.807, 2.05) is 81.6 Å². The zero-order chi connectivity index (χ0) is 22.2. The molecule has 1 heterocycles. The van der Waals surface area contributed by atoms with Crippen LogP contribution in [0.5, 0.6) is 0 Å². The van der Waals surface area contributed by atoms with Gasteiger partial charge < -0.3 is 10.1 Å². The summed E-state index contributed by atoms with van der Waals surface area (Å²) in [5.41, 5.74) is 4.54. The van der Waals surface area contributed by atoms with Gasteiger partial charge in [-0.05, 0) is 38.5 Å². The van der Waals surface area contributed by atoms with E-state index in [1.54, 1.807) is 10.8 Å². The predicted octanol–water partition coefficient (Wildman–Crippen LogP) is 4.32. The van der Waals surface area contributed by atoms with E-state index < -0.39 is 5.97 Å². The Balaban J connectivity index is 1.79. The van der Waals surface area contributed by atoms with Crippen LogP contribution in [0.3, 0.4) is 0 Å². The summed E-state index contributed by atoms with van der Waals surface area (Å²) in [6.45, 7) is 5.60. The predicted molar refractivity (Wildman–Crippen MR) is 122 cm³/mol. The Morgan fingerprint density at radius 3 is 2.52 bits per heavy atom.